The average Bonchev–Trinajstić information content (AvgIpc) is 2.32. The Hall–Kier alpha value is -1.33. The van der Waals surface area contributed by atoms with E-state index < -0.39 is 5.97 Å². The molecule has 1 aromatic carbocycles. The molecule has 0 aliphatic rings. The minimum absolute atomic E-state index is 0.273. The molecule has 0 aliphatic heterocycles. The topological polar surface area (TPSA) is 50.2 Å². The number of pyridine rings is 1. The van der Waals surface area contributed by atoms with Crippen molar-refractivity contribution in [1.29, 1.82) is 0 Å². The highest BCUT2D eigenvalue weighted by Crippen LogP contribution is 2.30. The number of benzene rings is 1. The Morgan fingerprint density at radius 2 is 2.12 bits per heavy atom. The first-order valence-corrected chi connectivity index (χ1v) is 6.39. The molecule has 5 heteroatoms. The molecule has 0 fully saturated rings. The summed E-state index contributed by atoms with van der Waals surface area (Å²) in [6, 6.07) is 10.7. The molecule has 17 heavy (non-hydrogen) atoms. The van der Waals surface area contributed by atoms with Crippen LogP contribution in [0.3, 0.4) is 0 Å². The highest BCUT2D eigenvalue weighted by molar-refractivity contribution is 9.10. The molecule has 86 valence electrons. The Bertz CT molecular complexity index is 545. The van der Waals surface area contributed by atoms with Gasteiger partial charge in [-0.2, -0.15) is 0 Å². The van der Waals surface area contributed by atoms with Gasteiger partial charge in [-0.05, 0) is 30.3 Å². The molecule has 0 unspecified atom stereocenters. The number of aromatic carboxylic acids is 1. The first-order chi connectivity index (χ1) is 8.16. The molecule has 0 saturated heterocycles. The van der Waals surface area contributed by atoms with E-state index in [-0.39, 0.29) is 5.56 Å². The van der Waals surface area contributed by atoms with E-state index in [1.807, 2.05) is 24.3 Å². The SMILES string of the molecule is O=C(O)c1cc(Br)ccc1Sc1ccccn1. The number of carbonyl (C=O) groups is 1. The van der Waals surface area contributed by atoms with Gasteiger partial charge in [0.2, 0.25) is 0 Å². The fourth-order valence-electron chi connectivity index (χ4n) is 1.28. The van der Waals surface area contributed by atoms with Crippen molar-refractivity contribution < 1.29 is 9.90 Å². The third kappa shape index (κ3) is 3.08. The van der Waals surface area contributed by atoms with Crippen molar-refractivity contribution in [2.45, 2.75) is 9.92 Å². The van der Waals surface area contributed by atoms with Crippen LogP contribution in [0.15, 0.2) is 57.0 Å². The Morgan fingerprint density at radius 3 is 2.76 bits per heavy atom. The van der Waals surface area contributed by atoms with E-state index in [9.17, 15) is 4.79 Å². The van der Waals surface area contributed by atoms with Crippen LogP contribution in [0.4, 0.5) is 0 Å². The Labute approximate surface area is 111 Å². The van der Waals surface area contributed by atoms with Gasteiger partial charge in [-0.1, -0.05) is 33.8 Å². The molecule has 0 aliphatic carbocycles. The van der Waals surface area contributed by atoms with Crippen LogP contribution in [-0.2, 0) is 0 Å². The molecule has 3 nitrogen and oxygen atoms in total. The number of nitrogens with zero attached hydrogens (tertiary/aromatic N) is 1. The molecular weight excluding hydrogens is 302 g/mol. The minimum atomic E-state index is -0.940. The van der Waals surface area contributed by atoms with Crippen LogP contribution >= 0.6 is 27.7 Å². The lowest BCUT2D eigenvalue weighted by Gasteiger charge is -2.05. The second-order valence-electron chi connectivity index (χ2n) is 3.22. The van der Waals surface area contributed by atoms with Gasteiger partial charge in [-0.25, -0.2) is 9.78 Å². The van der Waals surface area contributed by atoms with E-state index >= 15 is 0 Å². The van der Waals surface area contributed by atoms with Crippen LogP contribution < -0.4 is 0 Å². The third-order valence-electron chi connectivity index (χ3n) is 2.02. The fraction of sp³-hybridized carbons (Fsp3) is 0. The van der Waals surface area contributed by atoms with Gasteiger partial charge >= 0.3 is 5.97 Å². The van der Waals surface area contributed by atoms with Crippen LogP contribution in [0.5, 0.6) is 0 Å². The number of carboxylic acids is 1. The van der Waals surface area contributed by atoms with Crippen molar-refractivity contribution in [2.75, 3.05) is 0 Å². The van der Waals surface area contributed by atoms with E-state index in [2.05, 4.69) is 20.9 Å². The first-order valence-electron chi connectivity index (χ1n) is 4.78. The van der Waals surface area contributed by atoms with Crippen molar-refractivity contribution in [2.24, 2.45) is 0 Å². The van der Waals surface area contributed by atoms with Gasteiger partial charge < -0.3 is 5.11 Å². The summed E-state index contributed by atoms with van der Waals surface area (Å²) in [5, 5.41) is 9.89. The van der Waals surface area contributed by atoms with Crippen LogP contribution in [0.2, 0.25) is 0 Å². The lowest BCUT2D eigenvalue weighted by atomic mass is 10.2. The van der Waals surface area contributed by atoms with E-state index in [0.29, 0.717) is 4.90 Å². The van der Waals surface area contributed by atoms with Gasteiger partial charge in [0.05, 0.1) is 5.56 Å². The molecule has 1 heterocycles. The van der Waals surface area contributed by atoms with Crippen molar-refractivity contribution in [3.63, 3.8) is 0 Å². The Kier molecular flexibility index (Phi) is 3.81. The predicted molar refractivity (Wildman–Crippen MR) is 69.5 cm³/mol. The Morgan fingerprint density at radius 1 is 1.29 bits per heavy atom. The van der Waals surface area contributed by atoms with Crippen LogP contribution in [0.1, 0.15) is 10.4 Å². The quantitative estimate of drug-likeness (QED) is 0.939. The van der Waals surface area contributed by atoms with Crippen molar-refractivity contribution in [3.05, 3.63) is 52.6 Å². The molecule has 2 aromatic rings. The number of halogens is 1. The molecule has 0 amide bonds. The summed E-state index contributed by atoms with van der Waals surface area (Å²) in [4.78, 5) is 15.9. The summed E-state index contributed by atoms with van der Waals surface area (Å²) >= 11 is 4.60. The van der Waals surface area contributed by atoms with E-state index in [4.69, 9.17) is 5.11 Å². The number of aromatic nitrogens is 1. The lowest BCUT2D eigenvalue weighted by Crippen LogP contribution is -1.98. The zero-order chi connectivity index (χ0) is 12.3. The highest BCUT2D eigenvalue weighted by Gasteiger charge is 2.11. The summed E-state index contributed by atoms with van der Waals surface area (Å²) in [6.45, 7) is 0. The fourth-order valence-corrected chi connectivity index (χ4v) is 2.52. The van der Waals surface area contributed by atoms with Crippen molar-refractivity contribution in [1.82, 2.24) is 4.98 Å². The standard InChI is InChI=1S/C12H8BrNO2S/c13-8-4-5-10(9(7-8)12(15)16)17-11-3-1-2-6-14-11/h1-7H,(H,15,16). The van der Waals surface area contributed by atoms with Crippen molar-refractivity contribution in [3.8, 4) is 0 Å². The normalized spacial score (nSPS) is 10.2. The largest absolute Gasteiger partial charge is 0.478 e. The maximum Gasteiger partial charge on any atom is 0.336 e. The van der Waals surface area contributed by atoms with Gasteiger partial charge in [0.1, 0.15) is 5.03 Å². The second kappa shape index (κ2) is 5.33. The predicted octanol–water partition coefficient (Wildman–Crippen LogP) is 3.69. The molecule has 0 bridgehead atoms. The maximum atomic E-state index is 11.1. The van der Waals surface area contributed by atoms with Crippen molar-refractivity contribution >= 4 is 33.7 Å². The zero-order valence-electron chi connectivity index (χ0n) is 8.63. The van der Waals surface area contributed by atoms with E-state index in [1.165, 1.54) is 11.8 Å². The number of hydrogen-bond donors (Lipinski definition) is 1. The smallest absolute Gasteiger partial charge is 0.336 e. The summed E-state index contributed by atoms with van der Waals surface area (Å²) in [6.07, 6.45) is 1.68. The highest BCUT2D eigenvalue weighted by atomic mass is 79.9. The summed E-state index contributed by atoms with van der Waals surface area (Å²) in [5.41, 5.74) is 0.273. The average molecular weight is 310 g/mol. The number of carboxylic acid groups (broad SMARTS) is 1. The summed E-state index contributed by atoms with van der Waals surface area (Å²) in [7, 11) is 0. The molecule has 0 atom stereocenters. The maximum absolute atomic E-state index is 11.1. The minimum Gasteiger partial charge on any atom is -0.478 e. The summed E-state index contributed by atoms with van der Waals surface area (Å²) < 4.78 is 0.750. The van der Waals surface area contributed by atoms with E-state index in [0.717, 1.165) is 9.50 Å². The molecule has 0 spiro atoms. The van der Waals surface area contributed by atoms with Gasteiger partial charge in [0.15, 0.2) is 0 Å². The lowest BCUT2D eigenvalue weighted by molar-refractivity contribution is 0.0693. The van der Waals surface area contributed by atoms with Crippen LogP contribution in [0.25, 0.3) is 0 Å². The van der Waals surface area contributed by atoms with Crippen LogP contribution in [-0.4, -0.2) is 16.1 Å². The van der Waals surface area contributed by atoms with Gasteiger partial charge in [-0.3, -0.25) is 0 Å². The van der Waals surface area contributed by atoms with Crippen LogP contribution in [0, 0.1) is 0 Å². The van der Waals surface area contributed by atoms with Gasteiger partial charge in [0.25, 0.3) is 0 Å². The molecule has 0 radical (unpaired) electrons. The number of rotatable bonds is 3. The summed E-state index contributed by atoms with van der Waals surface area (Å²) in [5.74, 6) is -0.940. The van der Waals surface area contributed by atoms with Gasteiger partial charge in [-0.15, -0.1) is 0 Å². The van der Waals surface area contributed by atoms with E-state index in [1.54, 1.807) is 18.3 Å². The monoisotopic (exact) mass is 309 g/mol. The second-order valence-corrected chi connectivity index (χ2v) is 5.19. The number of hydrogen-bond acceptors (Lipinski definition) is 3. The zero-order valence-corrected chi connectivity index (χ0v) is 11.0. The third-order valence-corrected chi connectivity index (χ3v) is 3.54. The Balaban J connectivity index is 2.36. The van der Waals surface area contributed by atoms with Gasteiger partial charge in [0, 0.05) is 15.6 Å². The molecular formula is C12H8BrNO2S. The first kappa shape index (κ1) is 12.1. The molecule has 1 N–H and O–H groups in total. The molecule has 0 saturated carbocycles. The molecule has 1 aromatic heterocycles. The molecule has 2 rings (SSSR count).